The van der Waals surface area contributed by atoms with Crippen LogP contribution in [0.5, 0.6) is 5.75 Å². The lowest BCUT2D eigenvalue weighted by Gasteiger charge is -2.31. The Hall–Kier alpha value is -2.27. The van der Waals surface area contributed by atoms with Gasteiger partial charge in [-0.25, -0.2) is 4.79 Å². The van der Waals surface area contributed by atoms with Gasteiger partial charge in [-0.2, -0.15) is 0 Å². The van der Waals surface area contributed by atoms with Crippen molar-refractivity contribution in [3.05, 3.63) is 36.4 Å². The fourth-order valence-electron chi connectivity index (χ4n) is 2.53. The molecule has 0 unspecified atom stereocenters. The lowest BCUT2D eigenvalue weighted by atomic mass is 10.1. The number of likely N-dealkylation sites (N-methyl/N-ethyl adjacent to an activating group) is 1. The molecule has 2 aromatic carbocycles. The number of ether oxygens (including phenoxy) is 1. The molecule has 0 bridgehead atoms. The van der Waals surface area contributed by atoms with Crippen LogP contribution in [-0.4, -0.2) is 49.1 Å². The summed E-state index contributed by atoms with van der Waals surface area (Å²) >= 11 is 0. The molecule has 1 amide bonds. The van der Waals surface area contributed by atoms with Crippen molar-refractivity contribution in [3.8, 4) is 5.75 Å². The molecule has 0 saturated carbocycles. The summed E-state index contributed by atoms with van der Waals surface area (Å²) in [5.41, 5.74) is 6.48. The number of amides is 1. The number of anilines is 1. The van der Waals surface area contributed by atoms with Crippen LogP contribution in [0.4, 0.5) is 10.5 Å². The predicted octanol–water partition coefficient (Wildman–Crippen LogP) is 2.17. The minimum Gasteiger partial charge on any atom is -0.409 e. The molecule has 110 valence electrons. The molecule has 0 aliphatic carbocycles. The summed E-state index contributed by atoms with van der Waals surface area (Å²) in [4.78, 5) is 16.2. The van der Waals surface area contributed by atoms with Gasteiger partial charge in [-0.1, -0.05) is 24.3 Å². The van der Waals surface area contributed by atoms with Crippen LogP contribution in [0, 0.1) is 0 Å². The molecule has 1 aliphatic heterocycles. The zero-order valence-electron chi connectivity index (χ0n) is 12.1. The van der Waals surface area contributed by atoms with Gasteiger partial charge in [-0.15, -0.1) is 0 Å². The van der Waals surface area contributed by atoms with Gasteiger partial charge in [0.2, 0.25) is 0 Å². The number of carbonyl (C=O) groups is 1. The van der Waals surface area contributed by atoms with Crippen molar-refractivity contribution < 1.29 is 9.53 Å². The highest BCUT2D eigenvalue weighted by atomic mass is 16.6. The summed E-state index contributed by atoms with van der Waals surface area (Å²) in [5.74, 6) is 0.523. The molecule has 0 radical (unpaired) electrons. The van der Waals surface area contributed by atoms with E-state index in [1.165, 1.54) is 0 Å². The molecule has 5 nitrogen and oxygen atoms in total. The summed E-state index contributed by atoms with van der Waals surface area (Å²) in [6.07, 6.45) is -0.307. The van der Waals surface area contributed by atoms with Crippen LogP contribution in [0.1, 0.15) is 0 Å². The molecule has 0 atom stereocenters. The number of carbonyl (C=O) groups excluding carboxylic acids is 1. The molecular formula is C16H19N3O2. The van der Waals surface area contributed by atoms with Crippen LogP contribution < -0.4 is 10.5 Å². The summed E-state index contributed by atoms with van der Waals surface area (Å²) in [5, 5.41) is 1.87. The largest absolute Gasteiger partial charge is 0.415 e. The van der Waals surface area contributed by atoms with E-state index in [0.717, 1.165) is 23.9 Å². The lowest BCUT2D eigenvalue weighted by Crippen LogP contribution is -2.48. The molecular weight excluding hydrogens is 266 g/mol. The highest BCUT2D eigenvalue weighted by Gasteiger charge is 2.21. The van der Waals surface area contributed by atoms with E-state index in [0.29, 0.717) is 24.5 Å². The zero-order chi connectivity index (χ0) is 14.8. The van der Waals surface area contributed by atoms with Crippen LogP contribution in [0.15, 0.2) is 36.4 Å². The number of rotatable bonds is 1. The van der Waals surface area contributed by atoms with Crippen LogP contribution in [-0.2, 0) is 0 Å². The van der Waals surface area contributed by atoms with E-state index in [4.69, 9.17) is 10.5 Å². The van der Waals surface area contributed by atoms with Gasteiger partial charge in [0.05, 0.1) is 0 Å². The molecule has 2 N–H and O–H groups in total. The topological polar surface area (TPSA) is 58.8 Å². The third-order valence-electron chi connectivity index (χ3n) is 3.80. The minimum atomic E-state index is -0.307. The summed E-state index contributed by atoms with van der Waals surface area (Å²) < 4.78 is 5.57. The Kier molecular flexibility index (Phi) is 3.66. The fraction of sp³-hybridized carbons (Fsp3) is 0.312. The normalized spacial score (nSPS) is 16.1. The van der Waals surface area contributed by atoms with Gasteiger partial charge >= 0.3 is 6.09 Å². The van der Waals surface area contributed by atoms with Crippen LogP contribution in [0.3, 0.4) is 0 Å². The first-order chi connectivity index (χ1) is 10.1. The third-order valence-corrected chi connectivity index (χ3v) is 3.80. The Bertz CT molecular complexity index is 664. The summed E-state index contributed by atoms with van der Waals surface area (Å²) in [6, 6.07) is 11.3. The molecule has 1 fully saturated rings. The Morgan fingerprint density at radius 3 is 2.62 bits per heavy atom. The monoisotopic (exact) mass is 285 g/mol. The van der Waals surface area contributed by atoms with Crippen molar-refractivity contribution in [1.82, 2.24) is 9.80 Å². The smallest absolute Gasteiger partial charge is 0.409 e. The molecule has 2 aromatic rings. The van der Waals surface area contributed by atoms with E-state index < -0.39 is 0 Å². The van der Waals surface area contributed by atoms with Crippen LogP contribution in [0.2, 0.25) is 0 Å². The molecule has 5 heteroatoms. The highest BCUT2D eigenvalue weighted by Crippen LogP contribution is 2.29. The second-order valence-electron chi connectivity index (χ2n) is 5.40. The summed E-state index contributed by atoms with van der Waals surface area (Å²) in [6.45, 7) is 3.12. The number of hydrogen-bond acceptors (Lipinski definition) is 4. The van der Waals surface area contributed by atoms with Gasteiger partial charge in [-0.05, 0) is 18.5 Å². The van der Waals surface area contributed by atoms with E-state index in [9.17, 15) is 4.79 Å². The van der Waals surface area contributed by atoms with E-state index in [-0.39, 0.29) is 6.09 Å². The van der Waals surface area contributed by atoms with E-state index in [2.05, 4.69) is 4.90 Å². The minimum absolute atomic E-state index is 0.307. The van der Waals surface area contributed by atoms with E-state index in [1.54, 1.807) is 11.0 Å². The zero-order valence-corrected chi connectivity index (χ0v) is 12.1. The van der Waals surface area contributed by atoms with Crippen LogP contribution >= 0.6 is 0 Å². The van der Waals surface area contributed by atoms with Crippen molar-refractivity contribution in [1.29, 1.82) is 0 Å². The molecule has 1 heterocycles. The number of piperazine rings is 1. The van der Waals surface area contributed by atoms with Gasteiger partial charge < -0.3 is 20.3 Å². The quantitative estimate of drug-likeness (QED) is 0.816. The molecule has 3 rings (SSSR count). The number of fused-ring (bicyclic) bond motifs is 1. The molecule has 0 spiro atoms. The first-order valence-electron chi connectivity index (χ1n) is 7.07. The number of nitrogens with two attached hydrogens (primary N) is 1. The maximum absolute atomic E-state index is 12.3. The van der Waals surface area contributed by atoms with E-state index >= 15 is 0 Å². The Labute approximate surface area is 123 Å². The lowest BCUT2D eigenvalue weighted by molar-refractivity contribution is 0.121. The van der Waals surface area contributed by atoms with Gasteiger partial charge in [0.1, 0.15) is 5.75 Å². The first-order valence-corrected chi connectivity index (χ1v) is 7.07. The first kappa shape index (κ1) is 13.7. The molecule has 21 heavy (non-hydrogen) atoms. The molecule has 1 saturated heterocycles. The standard InChI is InChI=1S/C16H19N3O2/c1-18-6-8-19(9-7-18)16(20)21-15-11-13(17)10-12-4-2-3-5-14(12)15/h2-5,10-11H,6-9,17H2,1H3. The SMILES string of the molecule is CN1CCN(C(=O)Oc2cc(N)cc3ccccc23)CC1. The van der Waals surface area contributed by atoms with E-state index in [1.807, 2.05) is 37.4 Å². The highest BCUT2D eigenvalue weighted by molar-refractivity contribution is 5.92. The second-order valence-corrected chi connectivity index (χ2v) is 5.40. The van der Waals surface area contributed by atoms with Gasteiger partial charge in [0, 0.05) is 43.3 Å². The maximum atomic E-state index is 12.3. The predicted molar refractivity (Wildman–Crippen MR) is 83.5 cm³/mol. The van der Waals surface area contributed by atoms with Crippen molar-refractivity contribution in [2.45, 2.75) is 0 Å². The van der Waals surface area contributed by atoms with Crippen LogP contribution in [0.25, 0.3) is 10.8 Å². The molecule has 0 aromatic heterocycles. The number of hydrogen-bond donors (Lipinski definition) is 1. The maximum Gasteiger partial charge on any atom is 0.415 e. The Morgan fingerprint density at radius 2 is 1.86 bits per heavy atom. The van der Waals surface area contributed by atoms with Crippen molar-refractivity contribution in [2.75, 3.05) is 39.0 Å². The Balaban J connectivity index is 1.83. The number of benzene rings is 2. The average Bonchev–Trinajstić information content (AvgIpc) is 2.47. The second kappa shape index (κ2) is 5.61. The number of nitrogen functional groups attached to an aromatic ring is 1. The van der Waals surface area contributed by atoms with Gasteiger partial charge in [0.15, 0.2) is 0 Å². The van der Waals surface area contributed by atoms with Gasteiger partial charge in [-0.3, -0.25) is 0 Å². The fourth-order valence-corrected chi connectivity index (χ4v) is 2.53. The average molecular weight is 285 g/mol. The third kappa shape index (κ3) is 2.92. The van der Waals surface area contributed by atoms with Crippen molar-refractivity contribution in [3.63, 3.8) is 0 Å². The molecule has 1 aliphatic rings. The van der Waals surface area contributed by atoms with Gasteiger partial charge in [0.25, 0.3) is 0 Å². The Morgan fingerprint density at radius 1 is 1.14 bits per heavy atom. The number of nitrogens with zero attached hydrogens (tertiary/aromatic N) is 2. The van der Waals surface area contributed by atoms with Crippen molar-refractivity contribution in [2.24, 2.45) is 0 Å². The summed E-state index contributed by atoms with van der Waals surface area (Å²) in [7, 11) is 2.05. The van der Waals surface area contributed by atoms with Crippen molar-refractivity contribution >= 4 is 22.6 Å².